The van der Waals surface area contributed by atoms with Gasteiger partial charge in [0.15, 0.2) is 0 Å². The lowest BCUT2D eigenvalue weighted by Crippen LogP contribution is -2.23. The average Bonchev–Trinajstić information content (AvgIpc) is 3.00. The van der Waals surface area contributed by atoms with Gasteiger partial charge in [0, 0.05) is 28.2 Å². The minimum absolute atomic E-state index is 0.142. The van der Waals surface area contributed by atoms with Crippen molar-refractivity contribution in [1.82, 2.24) is 10.3 Å². The van der Waals surface area contributed by atoms with E-state index in [2.05, 4.69) is 22.1 Å². The Hall–Kier alpha value is -2.70. The molecule has 22 heavy (non-hydrogen) atoms. The van der Waals surface area contributed by atoms with Gasteiger partial charge < -0.3 is 10.3 Å². The maximum absolute atomic E-state index is 12.1. The van der Waals surface area contributed by atoms with Crippen LogP contribution in [0.5, 0.6) is 0 Å². The Kier molecular flexibility index (Phi) is 4.13. The summed E-state index contributed by atoms with van der Waals surface area (Å²) in [5.41, 5.74) is 2.38. The molecule has 0 aliphatic heterocycles. The van der Waals surface area contributed by atoms with E-state index >= 15 is 0 Å². The first-order chi connectivity index (χ1) is 10.7. The van der Waals surface area contributed by atoms with Crippen molar-refractivity contribution in [2.24, 2.45) is 0 Å². The van der Waals surface area contributed by atoms with E-state index < -0.39 is 0 Å². The fraction of sp³-hybridized carbons (Fsp3) is 0.0556. The number of H-pyrrole nitrogens is 1. The molecular formula is C18H13ClN2O. The van der Waals surface area contributed by atoms with Gasteiger partial charge in [0.25, 0.3) is 5.91 Å². The Morgan fingerprint density at radius 3 is 2.91 bits per heavy atom. The Balaban J connectivity index is 1.64. The number of hydrogen-bond donors (Lipinski definition) is 2. The molecule has 3 rings (SSSR count). The smallest absolute Gasteiger partial charge is 0.252 e. The molecule has 108 valence electrons. The van der Waals surface area contributed by atoms with Crippen molar-refractivity contribution in [2.75, 3.05) is 6.54 Å². The second-order valence-electron chi connectivity index (χ2n) is 4.74. The van der Waals surface area contributed by atoms with Crippen molar-refractivity contribution < 1.29 is 4.79 Å². The van der Waals surface area contributed by atoms with Crippen molar-refractivity contribution >= 4 is 28.4 Å². The van der Waals surface area contributed by atoms with Crippen molar-refractivity contribution in [2.45, 2.75) is 0 Å². The zero-order valence-electron chi connectivity index (χ0n) is 11.7. The predicted octanol–water partition coefficient (Wildman–Crippen LogP) is 3.60. The molecular weight excluding hydrogens is 296 g/mol. The molecule has 1 heterocycles. The second kappa shape index (κ2) is 6.38. The lowest BCUT2D eigenvalue weighted by atomic mass is 10.1. The van der Waals surface area contributed by atoms with Crippen LogP contribution in [0.25, 0.3) is 10.9 Å². The van der Waals surface area contributed by atoms with Crippen LogP contribution in [0, 0.1) is 11.8 Å². The molecule has 0 atom stereocenters. The van der Waals surface area contributed by atoms with Crippen LogP contribution in [-0.4, -0.2) is 17.4 Å². The number of carbonyl (C=O) groups excluding carboxylic acids is 1. The first-order valence-electron chi connectivity index (χ1n) is 6.83. The van der Waals surface area contributed by atoms with Gasteiger partial charge in [-0.2, -0.15) is 0 Å². The highest BCUT2D eigenvalue weighted by molar-refractivity contribution is 6.31. The number of benzene rings is 2. The summed E-state index contributed by atoms with van der Waals surface area (Å²) < 4.78 is 0. The summed E-state index contributed by atoms with van der Waals surface area (Å²) in [5.74, 6) is 5.70. The van der Waals surface area contributed by atoms with Gasteiger partial charge in [0.1, 0.15) is 0 Å². The monoisotopic (exact) mass is 308 g/mol. The van der Waals surface area contributed by atoms with E-state index in [0.29, 0.717) is 10.6 Å². The van der Waals surface area contributed by atoms with Crippen LogP contribution in [0.15, 0.2) is 54.7 Å². The molecule has 3 nitrogen and oxygen atoms in total. The Labute approximate surface area is 133 Å². The van der Waals surface area contributed by atoms with Crippen molar-refractivity contribution in [3.63, 3.8) is 0 Å². The molecule has 0 radical (unpaired) electrons. The highest BCUT2D eigenvalue weighted by Gasteiger charge is 2.05. The molecule has 4 heteroatoms. The zero-order chi connectivity index (χ0) is 15.4. The number of fused-ring (bicyclic) bond motifs is 1. The maximum Gasteiger partial charge on any atom is 0.252 e. The SMILES string of the molecule is O=C(NCC#Cc1ccccc1Cl)c1ccc2[nH]ccc2c1. The summed E-state index contributed by atoms with van der Waals surface area (Å²) in [6, 6.07) is 14.8. The Morgan fingerprint density at radius 1 is 1.18 bits per heavy atom. The molecule has 0 saturated carbocycles. The fourth-order valence-electron chi connectivity index (χ4n) is 2.12. The van der Waals surface area contributed by atoms with E-state index in [-0.39, 0.29) is 12.5 Å². The number of rotatable bonds is 2. The van der Waals surface area contributed by atoms with Gasteiger partial charge in [0.2, 0.25) is 0 Å². The summed E-state index contributed by atoms with van der Waals surface area (Å²) in [5, 5.41) is 4.40. The molecule has 2 aromatic carbocycles. The average molecular weight is 309 g/mol. The van der Waals surface area contributed by atoms with Crippen LogP contribution < -0.4 is 5.32 Å². The Morgan fingerprint density at radius 2 is 2.05 bits per heavy atom. The molecule has 0 spiro atoms. The van der Waals surface area contributed by atoms with E-state index in [1.54, 1.807) is 12.1 Å². The van der Waals surface area contributed by atoms with Crippen LogP contribution in [0.2, 0.25) is 5.02 Å². The third-order valence-corrected chi connectivity index (χ3v) is 3.58. The number of aromatic nitrogens is 1. The third kappa shape index (κ3) is 3.13. The van der Waals surface area contributed by atoms with Crippen LogP contribution >= 0.6 is 11.6 Å². The van der Waals surface area contributed by atoms with Gasteiger partial charge >= 0.3 is 0 Å². The lowest BCUT2D eigenvalue weighted by Gasteiger charge is -2.01. The molecule has 1 amide bonds. The van der Waals surface area contributed by atoms with Crippen LogP contribution in [0.4, 0.5) is 0 Å². The van der Waals surface area contributed by atoms with Crippen molar-refractivity contribution in [1.29, 1.82) is 0 Å². The van der Waals surface area contributed by atoms with Crippen molar-refractivity contribution in [3.8, 4) is 11.8 Å². The van der Waals surface area contributed by atoms with E-state index in [9.17, 15) is 4.79 Å². The van der Waals surface area contributed by atoms with Crippen LogP contribution in [0.3, 0.4) is 0 Å². The molecule has 0 bridgehead atoms. The van der Waals surface area contributed by atoms with Crippen LogP contribution in [-0.2, 0) is 0 Å². The lowest BCUT2D eigenvalue weighted by molar-refractivity contribution is 0.0959. The maximum atomic E-state index is 12.1. The van der Waals surface area contributed by atoms with E-state index in [1.165, 1.54) is 0 Å². The first kappa shape index (κ1) is 14.2. The van der Waals surface area contributed by atoms with E-state index in [4.69, 9.17) is 11.6 Å². The number of halogens is 1. The third-order valence-electron chi connectivity index (χ3n) is 3.25. The number of aromatic amines is 1. The molecule has 0 aliphatic carbocycles. The topological polar surface area (TPSA) is 44.9 Å². The summed E-state index contributed by atoms with van der Waals surface area (Å²) in [7, 11) is 0. The molecule has 1 aromatic heterocycles. The fourth-order valence-corrected chi connectivity index (χ4v) is 2.31. The molecule has 0 unspecified atom stereocenters. The molecule has 0 fully saturated rings. The summed E-state index contributed by atoms with van der Waals surface area (Å²) >= 11 is 6.01. The Bertz CT molecular complexity index is 886. The van der Waals surface area contributed by atoms with Gasteiger partial charge in [-0.05, 0) is 36.4 Å². The van der Waals surface area contributed by atoms with Gasteiger partial charge in [-0.1, -0.05) is 35.6 Å². The normalized spacial score (nSPS) is 10.0. The number of amides is 1. The van der Waals surface area contributed by atoms with Gasteiger partial charge in [0.05, 0.1) is 11.6 Å². The standard InChI is InChI=1S/C18H13ClN2O/c19-16-6-2-1-4-13(16)5-3-10-21-18(22)15-7-8-17-14(12-15)9-11-20-17/h1-2,4,6-9,11-12,20H,10H2,(H,21,22). The highest BCUT2D eigenvalue weighted by atomic mass is 35.5. The van der Waals surface area contributed by atoms with Gasteiger partial charge in [-0.3, -0.25) is 4.79 Å². The molecule has 0 aliphatic rings. The zero-order valence-corrected chi connectivity index (χ0v) is 12.4. The molecule has 0 saturated heterocycles. The summed E-state index contributed by atoms with van der Waals surface area (Å²) in [6.07, 6.45) is 1.85. The van der Waals surface area contributed by atoms with Gasteiger partial charge in [-0.15, -0.1) is 0 Å². The number of nitrogens with one attached hydrogen (secondary N) is 2. The predicted molar refractivity (Wildman–Crippen MR) is 89.0 cm³/mol. The minimum atomic E-state index is -0.142. The first-order valence-corrected chi connectivity index (χ1v) is 7.20. The van der Waals surface area contributed by atoms with Crippen LogP contribution in [0.1, 0.15) is 15.9 Å². The van der Waals surface area contributed by atoms with E-state index in [1.807, 2.05) is 42.6 Å². The second-order valence-corrected chi connectivity index (χ2v) is 5.15. The summed E-state index contributed by atoms with van der Waals surface area (Å²) in [6.45, 7) is 0.273. The molecule has 3 aromatic rings. The molecule has 2 N–H and O–H groups in total. The van der Waals surface area contributed by atoms with E-state index in [0.717, 1.165) is 16.5 Å². The number of carbonyl (C=O) groups is 1. The van der Waals surface area contributed by atoms with Gasteiger partial charge in [-0.25, -0.2) is 0 Å². The van der Waals surface area contributed by atoms with Crippen molar-refractivity contribution in [3.05, 3.63) is 70.9 Å². The highest BCUT2D eigenvalue weighted by Crippen LogP contribution is 2.14. The number of hydrogen-bond acceptors (Lipinski definition) is 1. The summed E-state index contributed by atoms with van der Waals surface area (Å²) in [4.78, 5) is 15.2. The quantitative estimate of drug-likeness (QED) is 0.698. The largest absolute Gasteiger partial charge is 0.361 e. The minimum Gasteiger partial charge on any atom is -0.361 e.